The number of benzene rings is 1. The van der Waals surface area contributed by atoms with Crippen LogP contribution in [0.15, 0.2) is 36.7 Å². The topological polar surface area (TPSA) is 43.6 Å². The third-order valence-electron chi connectivity index (χ3n) is 4.43. The summed E-state index contributed by atoms with van der Waals surface area (Å²) in [5.41, 5.74) is 3.18. The molecule has 4 nitrogen and oxygen atoms in total. The summed E-state index contributed by atoms with van der Waals surface area (Å²) in [6, 6.07) is 5.42. The highest BCUT2D eigenvalue weighted by Crippen LogP contribution is 2.33. The quantitative estimate of drug-likeness (QED) is 0.568. The van der Waals surface area contributed by atoms with Gasteiger partial charge < -0.3 is 4.57 Å². The van der Waals surface area contributed by atoms with E-state index in [1.807, 2.05) is 12.1 Å². The SMILES string of the molecule is CCc1nc2c(-c3ccc(Cl)cc3Cl)ncnc2n1CC=CC1CC1. The van der Waals surface area contributed by atoms with Crippen molar-refractivity contribution < 1.29 is 0 Å². The van der Waals surface area contributed by atoms with Crippen LogP contribution in [0.2, 0.25) is 10.0 Å². The smallest absolute Gasteiger partial charge is 0.164 e. The Morgan fingerprint density at radius 2 is 2.08 bits per heavy atom. The first kappa shape index (κ1) is 16.6. The number of aryl methyl sites for hydroxylation is 1. The molecular formula is C19H18Cl2N4. The summed E-state index contributed by atoms with van der Waals surface area (Å²) < 4.78 is 2.16. The van der Waals surface area contributed by atoms with Crippen LogP contribution in [0, 0.1) is 5.92 Å². The molecule has 25 heavy (non-hydrogen) atoms. The lowest BCUT2D eigenvalue weighted by atomic mass is 10.1. The maximum Gasteiger partial charge on any atom is 0.164 e. The summed E-state index contributed by atoms with van der Waals surface area (Å²) >= 11 is 12.4. The zero-order valence-corrected chi connectivity index (χ0v) is 15.4. The molecule has 0 amide bonds. The Hall–Kier alpha value is -1.91. The lowest BCUT2D eigenvalue weighted by molar-refractivity contribution is 0.758. The summed E-state index contributed by atoms with van der Waals surface area (Å²) in [6.45, 7) is 2.88. The molecule has 0 bridgehead atoms. The predicted molar refractivity (Wildman–Crippen MR) is 102 cm³/mol. The summed E-state index contributed by atoms with van der Waals surface area (Å²) in [5, 5.41) is 1.16. The molecule has 6 heteroatoms. The Kier molecular flexibility index (Phi) is 4.48. The molecule has 0 radical (unpaired) electrons. The minimum Gasteiger partial charge on any atom is -0.309 e. The van der Waals surface area contributed by atoms with Gasteiger partial charge in [0.25, 0.3) is 0 Å². The Bertz CT molecular complexity index is 957. The number of halogens is 2. The lowest BCUT2D eigenvalue weighted by Crippen LogP contribution is -2.02. The van der Waals surface area contributed by atoms with Crippen LogP contribution in [0.3, 0.4) is 0 Å². The molecule has 0 aliphatic heterocycles. The molecule has 128 valence electrons. The standard InChI is InChI=1S/C19H18Cl2N4/c1-2-16-24-18-17(14-8-7-13(20)10-15(14)21)22-11-23-19(18)25(16)9-3-4-12-5-6-12/h3-4,7-8,10-12H,2,5-6,9H2,1H3. The van der Waals surface area contributed by atoms with E-state index in [9.17, 15) is 0 Å². The molecule has 1 fully saturated rings. The van der Waals surface area contributed by atoms with Gasteiger partial charge in [0, 0.05) is 23.6 Å². The van der Waals surface area contributed by atoms with Crippen LogP contribution in [-0.4, -0.2) is 19.5 Å². The largest absolute Gasteiger partial charge is 0.309 e. The fraction of sp³-hybridized carbons (Fsp3) is 0.316. The number of nitrogens with zero attached hydrogens (tertiary/aromatic N) is 4. The van der Waals surface area contributed by atoms with Gasteiger partial charge in [-0.1, -0.05) is 42.3 Å². The minimum absolute atomic E-state index is 0.564. The van der Waals surface area contributed by atoms with Crippen molar-refractivity contribution in [1.29, 1.82) is 0 Å². The highest BCUT2D eigenvalue weighted by atomic mass is 35.5. The van der Waals surface area contributed by atoms with E-state index in [1.54, 1.807) is 12.4 Å². The number of aromatic nitrogens is 4. The second-order valence-corrected chi connectivity index (χ2v) is 7.12. The molecule has 1 aliphatic rings. The first-order chi connectivity index (χ1) is 12.2. The van der Waals surface area contributed by atoms with Gasteiger partial charge in [0.1, 0.15) is 23.4 Å². The van der Waals surface area contributed by atoms with Gasteiger partial charge in [-0.25, -0.2) is 15.0 Å². The zero-order chi connectivity index (χ0) is 17.4. The molecule has 1 saturated carbocycles. The average Bonchev–Trinajstić information content (AvgIpc) is 3.35. The van der Waals surface area contributed by atoms with Crippen molar-refractivity contribution in [1.82, 2.24) is 19.5 Å². The Morgan fingerprint density at radius 3 is 2.80 bits per heavy atom. The van der Waals surface area contributed by atoms with Crippen LogP contribution in [-0.2, 0) is 13.0 Å². The number of fused-ring (bicyclic) bond motifs is 1. The molecule has 0 spiro atoms. The number of hydrogen-bond donors (Lipinski definition) is 0. The maximum atomic E-state index is 6.38. The van der Waals surface area contributed by atoms with Crippen LogP contribution >= 0.6 is 23.2 Å². The molecule has 2 heterocycles. The van der Waals surface area contributed by atoms with Crippen molar-refractivity contribution in [2.75, 3.05) is 0 Å². The van der Waals surface area contributed by atoms with Crippen molar-refractivity contribution in [3.8, 4) is 11.3 Å². The van der Waals surface area contributed by atoms with Crippen LogP contribution in [0.5, 0.6) is 0 Å². The second kappa shape index (κ2) is 6.77. The van der Waals surface area contributed by atoms with Gasteiger partial charge in [-0.15, -0.1) is 0 Å². The zero-order valence-electron chi connectivity index (χ0n) is 13.9. The number of hydrogen-bond acceptors (Lipinski definition) is 3. The average molecular weight is 373 g/mol. The number of rotatable bonds is 5. The molecule has 1 aliphatic carbocycles. The molecular weight excluding hydrogens is 355 g/mol. The van der Waals surface area contributed by atoms with E-state index in [-0.39, 0.29) is 0 Å². The van der Waals surface area contributed by atoms with Crippen molar-refractivity contribution in [3.05, 3.63) is 52.5 Å². The van der Waals surface area contributed by atoms with Crippen molar-refractivity contribution in [2.45, 2.75) is 32.7 Å². The van der Waals surface area contributed by atoms with Crippen molar-refractivity contribution in [2.24, 2.45) is 5.92 Å². The Morgan fingerprint density at radius 1 is 1.24 bits per heavy atom. The van der Waals surface area contributed by atoms with Crippen LogP contribution in [0.1, 0.15) is 25.6 Å². The normalized spacial score (nSPS) is 14.7. The summed E-state index contributed by atoms with van der Waals surface area (Å²) in [6.07, 6.45) is 9.54. The Labute approximate surface area is 156 Å². The Balaban J connectivity index is 1.82. The highest BCUT2D eigenvalue weighted by Gasteiger charge is 2.19. The van der Waals surface area contributed by atoms with E-state index in [1.165, 1.54) is 12.8 Å². The van der Waals surface area contributed by atoms with E-state index in [2.05, 4.69) is 33.6 Å². The van der Waals surface area contributed by atoms with Gasteiger partial charge in [0.15, 0.2) is 5.65 Å². The monoisotopic (exact) mass is 372 g/mol. The van der Waals surface area contributed by atoms with Gasteiger partial charge in [-0.2, -0.15) is 0 Å². The molecule has 0 atom stereocenters. The third kappa shape index (κ3) is 3.29. The van der Waals surface area contributed by atoms with E-state index in [0.29, 0.717) is 10.0 Å². The van der Waals surface area contributed by atoms with Crippen LogP contribution < -0.4 is 0 Å². The lowest BCUT2D eigenvalue weighted by Gasteiger charge is -2.06. The predicted octanol–water partition coefficient (Wildman–Crippen LogP) is 5.33. The van der Waals surface area contributed by atoms with Gasteiger partial charge >= 0.3 is 0 Å². The van der Waals surface area contributed by atoms with E-state index >= 15 is 0 Å². The second-order valence-electron chi connectivity index (χ2n) is 6.28. The number of imidazole rings is 1. The molecule has 4 rings (SSSR count). The molecule has 3 aromatic rings. The first-order valence-electron chi connectivity index (χ1n) is 8.49. The van der Waals surface area contributed by atoms with Crippen molar-refractivity contribution >= 4 is 34.4 Å². The van der Waals surface area contributed by atoms with Crippen LogP contribution in [0.25, 0.3) is 22.4 Å². The van der Waals surface area contributed by atoms with Gasteiger partial charge in [-0.3, -0.25) is 0 Å². The third-order valence-corrected chi connectivity index (χ3v) is 4.98. The maximum absolute atomic E-state index is 6.38. The molecule has 2 aromatic heterocycles. The molecule has 1 aromatic carbocycles. The van der Waals surface area contributed by atoms with Gasteiger partial charge in [0.05, 0.1) is 5.02 Å². The molecule has 0 unspecified atom stereocenters. The summed E-state index contributed by atoms with van der Waals surface area (Å²) in [7, 11) is 0. The van der Waals surface area contributed by atoms with Crippen molar-refractivity contribution in [3.63, 3.8) is 0 Å². The van der Waals surface area contributed by atoms with E-state index < -0.39 is 0 Å². The van der Waals surface area contributed by atoms with Gasteiger partial charge in [0.2, 0.25) is 0 Å². The van der Waals surface area contributed by atoms with E-state index in [4.69, 9.17) is 28.2 Å². The van der Waals surface area contributed by atoms with Gasteiger partial charge in [-0.05, 0) is 37.0 Å². The van der Waals surface area contributed by atoms with Crippen LogP contribution in [0.4, 0.5) is 0 Å². The highest BCUT2D eigenvalue weighted by molar-refractivity contribution is 6.36. The van der Waals surface area contributed by atoms with E-state index in [0.717, 1.165) is 47.1 Å². The fourth-order valence-corrected chi connectivity index (χ4v) is 3.47. The first-order valence-corrected chi connectivity index (χ1v) is 9.25. The summed E-state index contributed by atoms with van der Waals surface area (Å²) in [4.78, 5) is 13.7. The fourth-order valence-electron chi connectivity index (χ4n) is 2.97. The minimum atomic E-state index is 0.564. The molecule has 0 saturated heterocycles. The summed E-state index contributed by atoms with van der Waals surface area (Å²) in [5.74, 6) is 1.76. The molecule has 0 N–H and O–H groups in total. The number of allylic oxidation sites excluding steroid dienone is 2.